The molecule has 0 aliphatic carbocycles. The van der Waals surface area contributed by atoms with Crippen molar-refractivity contribution in [3.05, 3.63) is 36.2 Å². The van der Waals surface area contributed by atoms with Crippen LogP contribution in [0.4, 0.5) is 5.95 Å². The number of nitrogen functional groups attached to an aromatic ring is 1. The van der Waals surface area contributed by atoms with E-state index in [1.807, 2.05) is 47.5 Å². The molecule has 0 saturated carbocycles. The Kier molecular flexibility index (Phi) is 3.06. The molecule has 0 aliphatic rings. The molecule has 0 spiro atoms. The van der Waals surface area contributed by atoms with E-state index in [9.17, 15) is 0 Å². The summed E-state index contributed by atoms with van der Waals surface area (Å²) in [6.07, 6.45) is 1.77. The van der Waals surface area contributed by atoms with E-state index < -0.39 is 0 Å². The minimum absolute atomic E-state index is 0.480. The van der Waals surface area contributed by atoms with Gasteiger partial charge in [-0.3, -0.25) is 4.68 Å². The van der Waals surface area contributed by atoms with Gasteiger partial charge in [0.1, 0.15) is 11.3 Å². The summed E-state index contributed by atoms with van der Waals surface area (Å²) < 4.78 is 9.40. The zero-order valence-electron chi connectivity index (χ0n) is 11.6. The maximum atomic E-state index is 6.05. The molecule has 3 rings (SSSR count). The average Bonchev–Trinajstić information content (AvgIpc) is 2.97. The van der Waals surface area contributed by atoms with E-state index in [1.54, 1.807) is 6.20 Å². The van der Waals surface area contributed by atoms with Gasteiger partial charge < -0.3 is 15.0 Å². The molecule has 0 aliphatic heterocycles. The van der Waals surface area contributed by atoms with Crippen LogP contribution in [-0.2, 0) is 13.6 Å². The summed E-state index contributed by atoms with van der Waals surface area (Å²) in [5.41, 5.74) is 8.89. The topological polar surface area (TPSA) is 70.9 Å². The fourth-order valence-corrected chi connectivity index (χ4v) is 2.30. The molecule has 20 heavy (non-hydrogen) atoms. The molecule has 6 heteroatoms. The third-order valence-electron chi connectivity index (χ3n) is 3.31. The quantitative estimate of drug-likeness (QED) is 0.785. The van der Waals surface area contributed by atoms with Gasteiger partial charge in [0.2, 0.25) is 5.95 Å². The third-order valence-corrected chi connectivity index (χ3v) is 3.31. The Balaban J connectivity index is 2.09. The maximum absolute atomic E-state index is 6.05. The first-order chi connectivity index (χ1) is 9.70. The van der Waals surface area contributed by atoms with E-state index in [2.05, 4.69) is 10.1 Å². The molecule has 0 saturated heterocycles. The average molecular weight is 271 g/mol. The number of nitrogens with two attached hydrogens (primary N) is 1. The van der Waals surface area contributed by atoms with Gasteiger partial charge in [-0.2, -0.15) is 5.10 Å². The van der Waals surface area contributed by atoms with Crippen molar-refractivity contribution in [2.75, 3.05) is 12.3 Å². The number of benzene rings is 1. The van der Waals surface area contributed by atoms with E-state index >= 15 is 0 Å². The van der Waals surface area contributed by atoms with Gasteiger partial charge in [0, 0.05) is 13.2 Å². The number of rotatable bonds is 4. The summed E-state index contributed by atoms with van der Waals surface area (Å²) in [4.78, 5) is 4.43. The number of ether oxygens (including phenoxy) is 1. The highest BCUT2D eigenvalue weighted by Crippen LogP contribution is 2.27. The van der Waals surface area contributed by atoms with Crippen LogP contribution in [0.2, 0.25) is 0 Å². The Hall–Kier alpha value is -2.50. The predicted molar refractivity (Wildman–Crippen MR) is 77.6 cm³/mol. The summed E-state index contributed by atoms with van der Waals surface area (Å²) in [5.74, 6) is 1.24. The fourth-order valence-electron chi connectivity index (χ4n) is 2.30. The van der Waals surface area contributed by atoms with Crippen LogP contribution in [0.3, 0.4) is 0 Å². The standard InChI is InChI=1S/C14H17N5O/c1-3-20-12-6-4-5-11-13(12)17-14(15)19(11)9-10-7-8-16-18(10)2/h4-8H,3,9H2,1-2H3,(H2,15,17). The molecule has 0 unspecified atom stereocenters. The SMILES string of the molecule is CCOc1cccc2c1nc(N)n2Cc1ccnn1C. The molecule has 0 radical (unpaired) electrons. The van der Waals surface area contributed by atoms with Gasteiger partial charge in [0.05, 0.1) is 24.4 Å². The summed E-state index contributed by atoms with van der Waals surface area (Å²) in [5, 5.41) is 4.17. The largest absolute Gasteiger partial charge is 0.492 e. The van der Waals surface area contributed by atoms with E-state index in [0.29, 0.717) is 19.1 Å². The Labute approximate surface area is 116 Å². The summed E-state index contributed by atoms with van der Waals surface area (Å²) in [6.45, 7) is 3.19. The molecule has 2 aromatic heterocycles. The van der Waals surface area contributed by atoms with E-state index in [0.717, 1.165) is 22.5 Å². The van der Waals surface area contributed by atoms with Crippen molar-refractivity contribution < 1.29 is 4.74 Å². The normalized spacial score (nSPS) is 11.1. The van der Waals surface area contributed by atoms with E-state index in [-0.39, 0.29) is 0 Å². The van der Waals surface area contributed by atoms with Crippen LogP contribution in [0.5, 0.6) is 5.75 Å². The zero-order valence-corrected chi connectivity index (χ0v) is 11.6. The van der Waals surface area contributed by atoms with Crippen LogP contribution in [0, 0.1) is 0 Å². The highest BCUT2D eigenvalue weighted by Gasteiger charge is 2.13. The van der Waals surface area contributed by atoms with Crippen molar-refractivity contribution in [1.82, 2.24) is 19.3 Å². The number of imidazole rings is 1. The Morgan fingerprint density at radius 1 is 1.30 bits per heavy atom. The zero-order chi connectivity index (χ0) is 14.1. The van der Waals surface area contributed by atoms with Crippen molar-refractivity contribution in [2.24, 2.45) is 7.05 Å². The van der Waals surface area contributed by atoms with Gasteiger partial charge >= 0.3 is 0 Å². The molecule has 1 aromatic carbocycles. The second kappa shape index (κ2) is 4.88. The number of aromatic nitrogens is 4. The number of hydrogen-bond acceptors (Lipinski definition) is 4. The predicted octanol–water partition coefficient (Wildman–Crippen LogP) is 1.80. The van der Waals surface area contributed by atoms with Crippen molar-refractivity contribution in [1.29, 1.82) is 0 Å². The smallest absolute Gasteiger partial charge is 0.201 e. The number of nitrogens with zero attached hydrogens (tertiary/aromatic N) is 4. The lowest BCUT2D eigenvalue weighted by atomic mass is 10.3. The van der Waals surface area contributed by atoms with Gasteiger partial charge in [-0.1, -0.05) is 6.07 Å². The Morgan fingerprint density at radius 2 is 2.15 bits per heavy atom. The van der Waals surface area contributed by atoms with Crippen molar-refractivity contribution in [3.8, 4) is 5.75 Å². The van der Waals surface area contributed by atoms with Crippen LogP contribution in [0.1, 0.15) is 12.6 Å². The number of hydrogen-bond donors (Lipinski definition) is 1. The number of anilines is 1. The lowest BCUT2D eigenvalue weighted by molar-refractivity contribution is 0.343. The monoisotopic (exact) mass is 271 g/mol. The molecule has 2 heterocycles. The number of fused-ring (bicyclic) bond motifs is 1. The number of aryl methyl sites for hydroxylation is 1. The fraction of sp³-hybridized carbons (Fsp3) is 0.286. The van der Waals surface area contributed by atoms with Crippen molar-refractivity contribution >= 4 is 17.0 Å². The van der Waals surface area contributed by atoms with Crippen LogP contribution >= 0.6 is 0 Å². The van der Waals surface area contributed by atoms with Gasteiger partial charge in [-0.05, 0) is 25.1 Å². The summed E-state index contributed by atoms with van der Waals surface area (Å²) in [6, 6.07) is 7.83. The lowest BCUT2D eigenvalue weighted by Gasteiger charge is -2.07. The number of para-hydroxylation sites is 1. The molecule has 0 bridgehead atoms. The molecule has 0 fully saturated rings. The van der Waals surface area contributed by atoms with Gasteiger partial charge in [-0.25, -0.2) is 4.98 Å². The molecule has 3 aromatic rings. The van der Waals surface area contributed by atoms with Gasteiger partial charge in [-0.15, -0.1) is 0 Å². The minimum Gasteiger partial charge on any atom is -0.492 e. The van der Waals surface area contributed by atoms with Gasteiger partial charge in [0.15, 0.2) is 0 Å². The molecule has 6 nitrogen and oxygen atoms in total. The first-order valence-electron chi connectivity index (χ1n) is 6.55. The minimum atomic E-state index is 0.480. The first-order valence-corrected chi connectivity index (χ1v) is 6.55. The van der Waals surface area contributed by atoms with Gasteiger partial charge in [0.25, 0.3) is 0 Å². The molecule has 104 valence electrons. The van der Waals surface area contributed by atoms with Crippen LogP contribution < -0.4 is 10.5 Å². The summed E-state index contributed by atoms with van der Waals surface area (Å²) in [7, 11) is 1.91. The Bertz CT molecular complexity index is 743. The van der Waals surface area contributed by atoms with E-state index in [4.69, 9.17) is 10.5 Å². The maximum Gasteiger partial charge on any atom is 0.201 e. The molecule has 0 amide bonds. The van der Waals surface area contributed by atoms with Crippen LogP contribution in [-0.4, -0.2) is 25.9 Å². The molecular weight excluding hydrogens is 254 g/mol. The second-order valence-corrected chi connectivity index (χ2v) is 4.56. The first kappa shape index (κ1) is 12.5. The summed E-state index contributed by atoms with van der Waals surface area (Å²) >= 11 is 0. The van der Waals surface area contributed by atoms with E-state index in [1.165, 1.54) is 0 Å². The van der Waals surface area contributed by atoms with Crippen molar-refractivity contribution in [3.63, 3.8) is 0 Å². The third kappa shape index (κ3) is 1.99. The van der Waals surface area contributed by atoms with Crippen LogP contribution in [0.25, 0.3) is 11.0 Å². The second-order valence-electron chi connectivity index (χ2n) is 4.56. The highest BCUT2D eigenvalue weighted by molar-refractivity contribution is 5.84. The molecule has 2 N–H and O–H groups in total. The Morgan fingerprint density at radius 3 is 2.85 bits per heavy atom. The molecule has 0 atom stereocenters. The molecular formula is C14H17N5O. The van der Waals surface area contributed by atoms with Crippen LogP contribution in [0.15, 0.2) is 30.5 Å². The van der Waals surface area contributed by atoms with Crippen molar-refractivity contribution in [2.45, 2.75) is 13.5 Å². The lowest BCUT2D eigenvalue weighted by Crippen LogP contribution is -2.08. The highest BCUT2D eigenvalue weighted by atomic mass is 16.5.